The molecule has 5 rings (SSSR count). The first-order chi connectivity index (χ1) is 13.7. The lowest BCUT2D eigenvalue weighted by Gasteiger charge is -2.16. The summed E-state index contributed by atoms with van der Waals surface area (Å²) in [4.78, 5) is 26.2. The molecule has 28 heavy (non-hydrogen) atoms. The quantitative estimate of drug-likeness (QED) is 0.725. The molecule has 0 spiro atoms. The molecule has 1 aromatic carbocycles. The molecule has 0 radical (unpaired) electrons. The summed E-state index contributed by atoms with van der Waals surface area (Å²) in [7, 11) is 0. The number of carbonyl (C=O) groups excluding carboxylic acids is 2. The van der Waals surface area contributed by atoms with Crippen molar-refractivity contribution in [2.75, 3.05) is 22.5 Å². The van der Waals surface area contributed by atoms with E-state index in [-0.39, 0.29) is 11.8 Å². The number of aromatic nitrogens is 3. The third kappa shape index (κ3) is 3.65. The zero-order valence-electron chi connectivity index (χ0n) is 15.6. The van der Waals surface area contributed by atoms with Crippen molar-refractivity contribution in [2.24, 2.45) is 0 Å². The fourth-order valence-corrected chi connectivity index (χ4v) is 4.50. The Labute approximate surface area is 167 Å². The van der Waals surface area contributed by atoms with Crippen molar-refractivity contribution in [3.05, 3.63) is 30.1 Å². The molecule has 3 fully saturated rings. The fourth-order valence-electron chi connectivity index (χ4n) is 3.68. The number of rotatable bonds is 7. The summed E-state index contributed by atoms with van der Waals surface area (Å²) >= 11 is 1.45. The summed E-state index contributed by atoms with van der Waals surface area (Å²) in [6, 6.07) is 8.01. The molecule has 2 heterocycles. The molecule has 1 aromatic heterocycles. The number of hydrogen-bond acceptors (Lipinski definition) is 5. The van der Waals surface area contributed by atoms with Crippen molar-refractivity contribution in [1.82, 2.24) is 14.8 Å². The summed E-state index contributed by atoms with van der Waals surface area (Å²) < 4.78 is 2.26. The van der Waals surface area contributed by atoms with E-state index >= 15 is 0 Å². The summed E-state index contributed by atoms with van der Waals surface area (Å²) in [5.74, 6) is 2.03. The van der Waals surface area contributed by atoms with Crippen LogP contribution in [0.5, 0.6) is 0 Å². The van der Waals surface area contributed by atoms with E-state index < -0.39 is 0 Å². The predicted octanol–water partition coefficient (Wildman–Crippen LogP) is 3.35. The standard InChI is InChI=1S/C20H23N5O2S/c26-17(21-14-3-1-4-16(11-14)24-10-2-5-18(24)27)12-28-20-23-22-19(13-6-7-13)25(20)15-8-9-15/h1,3-4,11,13,15H,2,5-10,12H2,(H,21,26). The van der Waals surface area contributed by atoms with Gasteiger partial charge in [-0.05, 0) is 50.3 Å². The predicted molar refractivity (Wildman–Crippen MR) is 108 cm³/mol. The number of nitrogens with zero attached hydrogens (tertiary/aromatic N) is 4. The largest absolute Gasteiger partial charge is 0.325 e. The zero-order valence-corrected chi connectivity index (χ0v) is 16.5. The molecular weight excluding hydrogens is 374 g/mol. The minimum absolute atomic E-state index is 0.0757. The van der Waals surface area contributed by atoms with Crippen LogP contribution in [0.15, 0.2) is 29.4 Å². The average molecular weight is 398 g/mol. The third-order valence-corrected chi connectivity index (χ3v) is 6.34. The van der Waals surface area contributed by atoms with Gasteiger partial charge in [0.25, 0.3) is 0 Å². The van der Waals surface area contributed by atoms with Crippen LogP contribution >= 0.6 is 11.8 Å². The van der Waals surface area contributed by atoms with Crippen LogP contribution in [0, 0.1) is 0 Å². The number of anilines is 2. The van der Waals surface area contributed by atoms with Crippen LogP contribution in [0.25, 0.3) is 0 Å². The van der Waals surface area contributed by atoms with Crippen LogP contribution in [-0.4, -0.2) is 38.9 Å². The van der Waals surface area contributed by atoms with Crippen LogP contribution < -0.4 is 10.2 Å². The minimum Gasteiger partial charge on any atom is -0.325 e. The Bertz CT molecular complexity index is 919. The van der Waals surface area contributed by atoms with Crippen molar-refractivity contribution >= 4 is 35.0 Å². The van der Waals surface area contributed by atoms with Crippen LogP contribution in [0.1, 0.15) is 56.3 Å². The molecule has 8 heteroatoms. The van der Waals surface area contributed by atoms with Gasteiger partial charge >= 0.3 is 0 Å². The number of benzene rings is 1. The first kappa shape index (κ1) is 17.7. The van der Waals surface area contributed by atoms with Crippen molar-refractivity contribution in [3.63, 3.8) is 0 Å². The highest BCUT2D eigenvalue weighted by Crippen LogP contribution is 2.46. The number of thioether (sulfide) groups is 1. The van der Waals surface area contributed by atoms with Crippen molar-refractivity contribution in [1.29, 1.82) is 0 Å². The van der Waals surface area contributed by atoms with Crippen LogP contribution in [0.2, 0.25) is 0 Å². The molecule has 2 aromatic rings. The maximum Gasteiger partial charge on any atom is 0.234 e. The molecule has 146 valence electrons. The van der Waals surface area contributed by atoms with Gasteiger partial charge in [-0.25, -0.2) is 0 Å². The normalized spacial score (nSPS) is 19.3. The van der Waals surface area contributed by atoms with Gasteiger partial charge in [0.15, 0.2) is 5.16 Å². The maximum atomic E-state index is 12.5. The van der Waals surface area contributed by atoms with Gasteiger partial charge in [0.1, 0.15) is 5.82 Å². The highest BCUT2D eigenvalue weighted by atomic mass is 32.2. The van der Waals surface area contributed by atoms with E-state index in [1.807, 2.05) is 24.3 Å². The topological polar surface area (TPSA) is 80.1 Å². The summed E-state index contributed by atoms with van der Waals surface area (Å²) in [6.07, 6.45) is 6.24. The smallest absolute Gasteiger partial charge is 0.234 e. The van der Waals surface area contributed by atoms with Crippen LogP contribution in [0.3, 0.4) is 0 Å². The Balaban J connectivity index is 1.22. The number of hydrogen-bond donors (Lipinski definition) is 1. The number of amides is 2. The number of carbonyl (C=O) groups is 2. The van der Waals surface area contributed by atoms with Crippen LogP contribution in [0.4, 0.5) is 11.4 Å². The molecule has 2 amide bonds. The van der Waals surface area contributed by atoms with Gasteiger partial charge in [0.2, 0.25) is 11.8 Å². The molecule has 2 aliphatic carbocycles. The summed E-state index contributed by atoms with van der Waals surface area (Å²) in [5.41, 5.74) is 1.56. The van der Waals surface area contributed by atoms with Gasteiger partial charge in [-0.3, -0.25) is 9.59 Å². The first-order valence-corrected chi connectivity index (χ1v) is 11.0. The molecule has 0 unspecified atom stereocenters. The van der Waals surface area contributed by atoms with Gasteiger partial charge in [-0.1, -0.05) is 17.8 Å². The molecule has 0 atom stereocenters. The van der Waals surface area contributed by atoms with E-state index in [0.717, 1.165) is 29.6 Å². The minimum atomic E-state index is -0.0757. The molecule has 2 saturated carbocycles. The molecule has 1 N–H and O–H groups in total. The van der Waals surface area contributed by atoms with Gasteiger partial charge < -0.3 is 14.8 Å². The monoisotopic (exact) mass is 397 g/mol. The summed E-state index contributed by atoms with van der Waals surface area (Å²) in [5, 5.41) is 12.5. The second kappa shape index (κ2) is 7.24. The second-order valence-corrected chi connectivity index (χ2v) is 8.69. The van der Waals surface area contributed by atoms with E-state index in [9.17, 15) is 9.59 Å². The van der Waals surface area contributed by atoms with E-state index in [1.54, 1.807) is 4.90 Å². The maximum absolute atomic E-state index is 12.5. The molecule has 7 nitrogen and oxygen atoms in total. The van der Waals surface area contributed by atoms with Crippen LogP contribution in [-0.2, 0) is 9.59 Å². The Morgan fingerprint density at radius 1 is 1.21 bits per heavy atom. The van der Waals surface area contributed by atoms with Crippen molar-refractivity contribution in [3.8, 4) is 0 Å². The SMILES string of the molecule is O=C(CSc1nnc(C2CC2)n1C1CC1)Nc1cccc(N2CCCC2=O)c1. The van der Waals surface area contributed by atoms with Crippen molar-refractivity contribution < 1.29 is 9.59 Å². The lowest BCUT2D eigenvalue weighted by molar-refractivity contribution is -0.117. The van der Waals surface area contributed by atoms with Gasteiger partial charge in [-0.15, -0.1) is 10.2 Å². The van der Waals surface area contributed by atoms with E-state index in [1.165, 1.54) is 37.4 Å². The number of nitrogens with one attached hydrogen (secondary N) is 1. The Morgan fingerprint density at radius 3 is 2.79 bits per heavy atom. The van der Waals surface area contributed by atoms with E-state index in [0.29, 0.717) is 29.8 Å². The third-order valence-electron chi connectivity index (χ3n) is 5.39. The van der Waals surface area contributed by atoms with Gasteiger partial charge in [0.05, 0.1) is 5.75 Å². The second-order valence-electron chi connectivity index (χ2n) is 7.75. The summed E-state index contributed by atoms with van der Waals surface area (Å²) in [6.45, 7) is 0.742. The highest BCUT2D eigenvalue weighted by Gasteiger charge is 2.36. The molecular formula is C20H23N5O2S. The van der Waals surface area contributed by atoms with Gasteiger partial charge in [0, 0.05) is 36.3 Å². The highest BCUT2D eigenvalue weighted by molar-refractivity contribution is 7.99. The van der Waals surface area contributed by atoms with Crippen molar-refractivity contribution in [2.45, 2.75) is 55.6 Å². The first-order valence-electron chi connectivity index (χ1n) is 9.97. The molecule has 3 aliphatic rings. The fraction of sp³-hybridized carbons (Fsp3) is 0.500. The zero-order chi connectivity index (χ0) is 19.1. The van der Waals surface area contributed by atoms with E-state index in [2.05, 4.69) is 20.1 Å². The molecule has 1 saturated heterocycles. The Morgan fingerprint density at radius 2 is 2.07 bits per heavy atom. The lowest BCUT2D eigenvalue weighted by atomic mass is 10.2. The van der Waals surface area contributed by atoms with E-state index in [4.69, 9.17) is 0 Å². The Kier molecular flexibility index (Phi) is 4.58. The Hall–Kier alpha value is -2.35. The lowest BCUT2D eigenvalue weighted by Crippen LogP contribution is -2.23. The molecule has 1 aliphatic heterocycles. The molecule has 0 bridgehead atoms. The van der Waals surface area contributed by atoms with Gasteiger partial charge in [-0.2, -0.15) is 0 Å². The average Bonchev–Trinajstić information content (AvgIpc) is 3.62.